The number of hydrogen-bond donors (Lipinski definition) is 1. The minimum Gasteiger partial charge on any atom is -0.399 e. The normalized spacial score (nSPS) is 23.5. The predicted octanol–water partition coefficient (Wildman–Crippen LogP) is 2.23. The standard InChI is InChI=1S/C10H15N/c1-8(2)9-5-3-4-6-10(11)7-9/h3-9H,11H2,1-2H3. The largest absolute Gasteiger partial charge is 0.399 e. The van der Waals surface area contributed by atoms with E-state index in [1.54, 1.807) is 0 Å². The molecule has 1 atom stereocenters. The van der Waals surface area contributed by atoms with Gasteiger partial charge in [0.05, 0.1) is 0 Å². The summed E-state index contributed by atoms with van der Waals surface area (Å²) in [5.74, 6) is 1.12. The molecular weight excluding hydrogens is 134 g/mol. The number of allylic oxidation sites excluding steroid dienone is 5. The van der Waals surface area contributed by atoms with Gasteiger partial charge in [-0.1, -0.05) is 38.2 Å². The first-order valence-electron chi connectivity index (χ1n) is 4.02. The lowest BCUT2D eigenvalue weighted by Gasteiger charge is -2.11. The monoisotopic (exact) mass is 149 g/mol. The molecule has 0 aromatic heterocycles. The summed E-state index contributed by atoms with van der Waals surface area (Å²) >= 11 is 0. The summed E-state index contributed by atoms with van der Waals surface area (Å²) in [5, 5.41) is 0. The molecule has 0 aromatic carbocycles. The molecule has 0 heterocycles. The zero-order chi connectivity index (χ0) is 8.27. The van der Waals surface area contributed by atoms with Crippen molar-refractivity contribution in [2.45, 2.75) is 13.8 Å². The maximum absolute atomic E-state index is 5.70. The van der Waals surface area contributed by atoms with Crippen molar-refractivity contribution in [1.29, 1.82) is 0 Å². The highest BCUT2D eigenvalue weighted by atomic mass is 14.6. The average Bonchev–Trinajstić information content (AvgIpc) is 2.13. The molecule has 11 heavy (non-hydrogen) atoms. The van der Waals surface area contributed by atoms with Gasteiger partial charge in [-0.3, -0.25) is 0 Å². The molecule has 1 nitrogen and oxygen atoms in total. The van der Waals surface area contributed by atoms with Gasteiger partial charge in [0.2, 0.25) is 0 Å². The summed E-state index contributed by atoms with van der Waals surface area (Å²) in [5.41, 5.74) is 6.57. The Labute approximate surface area is 68.3 Å². The van der Waals surface area contributed by atoms with Crippen LogP contribution < -0.4 is 5.73 Å². The molecule has 0 saturated heterocycles. The fourth-order valence-corrected chi connectivity index (χ4v) is 1.11. The molecular formula is C10H15N. The molecule has 0 fully saturated rings. The molecule has 1 rings (SSSR count). The second kappa shape index (κ2) is 3.42. The van der Waals surface area contributed by atoms with E-state index in [9.17, 15) is 0 Å². The number of nitrogens with two attached hydrogens (primary N) is 1. The SMILES string of the molecule is CC(C)C1C=CC=CC(N)=C1. The summed E-state index contributed by atoms with van der Waals surface area (Å²) in [4.78, 5) is 0. The van der Waals surface area contributed by atoms with E-state index >= 15 is 0 Å². The van der Waals surface area contributed by atoms with Gasteiger partial charge in [-0.2, -0.15) is 0 Å². The first-order chi connectivity index (χ1) is 5.20. The Bertz CT molecular complexity index is 209. The Morgan fingerprint density at radius 3 is 2.73 bits per heavy atom. The Hall–Kier alpha value is -0.980. The van der Waals surface area contributed by atoms with E-state index < -0.39 is 0 Å². The van der Waals surface area contributed by atoms with Crippen LogP contribution in [0.3, 0.4) is 0 Å². The van der Waals surface area contributed by atoms with Crippen LogP contribution in [0.15, 0.2) is 36.1 Å². The van der Waals surface area contributed by atoms with Gasteiger partial charge < -0.3 is 5.73 Å². The van der Waals surface area contributed by atoms with E-state index in [4.69, 9.17) is 5.73 Å². The van der Waals surface area contributed by atoms with Crippen molar-refractivity contribution in [2.75, 3.05) is 0 Å². The minimum absolute atomic E-state index is 0.491. The van der Waals surface area contributed by atoms with E-state index in [1.807, 2.05) is 12.2 Å². The fourth-order valence-electron chi connectivity index (χ4n) is 1.11. The van der Waals surface area contributed by atoms with Crippen molar-refractivity contribution in [1.82, 2.24) is 0 Å². The highest BCUT2D eigenvalue weighted by Crippen LogP contribution is 2.17. The van der Waals surface area contributed by atoms with Gasteiger partial charge in [0.15, 0.2) is 0 Å². The Morgan fingerprint density at radius 2 is 2.09 bits per heavy atom. The maximum Gasteiger partial charge on any atom is 0.0279 e. The molecule has 60 valence electrons. The zero-order valence-corrected chi connectivity index (χ0v) is 7.12. The van der Waals surface area contributed by atoms with Crippen LogP contribution in [0.5, 0.6) is 0 Å². The van der Waals surface area contributed by atoms with Crippen LogP contribution in [0.2, 0.25) is 0 Å². The molecule has 0 saturated carbocycles. The van der Waals surface area contributed by atoms with E-state index in [2.05, 4.69) is 32.1 Å². The van der Waals surface area contributed by atoms with Crippen LogP contribution in [-0.4, -0.2) is 0 Å². The molecule has 1 heteroatoms. The molecule has 1 aliphatic rings. The highest BCUT2D eigenvalue weighted by molar-refractivity contribution is 5.26. The van der Waals surface area contributed by atoms with Gasteiger partial charge in [0.1, 0.15) is 0 Å². The predicted molar refractivity (Wildman–Crippen MR) is 48.9 cm³/mol. The van der Waals surface area contributed by atoms with E-state index in [0.29, 0.717) is 11.8 Å². The lowest BCUT2D eigenvalue weighted by Crippen LogP contribution is -2.04. The Morgan fingerprint density at radius 1 is 1.36 bits per heavy atom. The average molecular weight is 149 g/mol. The third-order valence-corrected chi connectivity index (χ3v) is 1.89. The Kier molecular flexibility index (Phi) is 2.53. The van der Waals surface area contributed by atoms with Gasteiger partial charge in [0, 0.05) is 5.70 Å². The molecule has 0 aromatic rings. The zero-order valence-electron chi connectivity index (χ0n) is 7.12. The van der Waals surface area contributed by atoms with E-state index in [-0.39, 0.29) is 0 Å². The highest BCUT2D eigenvalue weighted by Gasteiger charge is 2.07. The quantitative estimate of drug-likeness (QED) is 0.608. The molecule has 0 bridgehead atoms. The van der Waals surface area contributed by atoms with Crippen molar-refractivity contribution in [3.8, 4) is 0 Å². The van der Waals surface area contributed by atoms with Gasteiger partial charge in [-0.05, 0) is 17.9 Å². The molecule has 0 radical (unpaired) electrons. The number of hydrogen-bond acceptors (Lipinski definition) is 1. The van der Waals surface area contributed by atoms with E-state index in [1.165, 1.54) is 0 Å². The molecule has 1 unspecified atom stereocenters. The third kappa shape index (κ3) is 2.26. The second-order valence-corrected chi connectivity index (χ2v) is 3.23. The summed E-state index contributed by atoms with van der Waals surface area (Å²) in [6.45, 7) is 4.40. The van der Waals surface area contributed by atoms with Gasteiger partial charge in [-0.25, -0.2) is 0 Å². The van der Waals surface area contributed by atoms with Crippen molar-refractivity contribution >= 4 is 0 Å². The molecule has 2 N–H and O–H groups in total. The summed E-state index contributed by atoms with van der Waals surface area (Å²) in [6.07, 6.45) is 10.2. The number of rotatable bonds is 1. The van der Waals surface area contributed by atoms with E-state index in [0.717, 1.165) is 5.70 Å². The van der Waals surface area contributed by atoms with Gasteiger partial charge in [-0.15, -0.1) is 0 Å². The van der Waals surface area contributed by atoms with Gasteiger partial charge >= 0.3 is 0 Å². The topological polar surface area (TPSA) is 26.0 Å². The van der Waals surface area contributed by atoms with Gasteiger partial charge in [0.25, 0.3) is 0 Å². The molecule has 0 spiro atoms. The first-order valence-corrected chi connectivity index (χ1v) is 4.02. The first kappa shape index (κ1) is 8.12. The van der Waals surface area contributed by atoms with Crippen molar-refractivity contribution in [3.63, 3.8) is 0 Å². The fraction of sp³-hybridized carbons (Fsp3) is 0.400. The second-order valence-electron chi connectivity index (χ2n) is 3.23. The van der Waals surface area contributed by atoms with Crippen molar-refractivity contribution < 1.29 is 0 Å². The molecule has 1 aliphatic carbocycles. The lowest BCUT2D eigenvalue weighted by molar-refractivity contribution is 0.549. The maximum atomic E-state index is 5.70. The summed E-state index contributed by atoms with van der Waals surface area (Å²) in [7, 11) is 0. The van der Waals surface area contributed by atoms with Crippen LogP contribution in [0, 0.1) is 11.8 Å². The van der Waals surface area contributed by atoms with Crippen LogP contribution in [-0.2, 0) is 0 Å². The minimum atomic E-state index is 0.491. The molecule has 0 aliphatic heterocycles. The van der Waals surface area contributed by atoms with Crippen molar-refractivity contribution in [2.24, 2.45) is 17.6 Å². The lowest BCUT2D eigenvalue weighted by atomic mass is 9.95. The summed E-state index contributed by atoms with van der Waals surface area (Å²) < 4.78 is 0. The van der Waals surface area contributed by atoms with Crippen LogP contribution in [0.1, 0.15) is 13.8 Å². The Balaban J connectivity index is 2.76. The van der Waals surface area contributed by atoms with Crippen LogP contribution in [0.25, 0.3) is 0 Å². The third-order valence-electron chi connectivity index (χ3n) is 1.89. The molecule has 0 amide bonds. The summed E-state index contributed by atoms with van der Waals surface area (Å²) in [6, 6.07) is 0. The smallest absolute Gasteiger partial charge is 0.0279 e. The van der Waals surface area contributed by atoms with Crippen LogP contribution in [0.4, 0.5) is 0 Å². The van der Waals surface area contributed by atoms with Crippen LogP contribution >= 0.6 is 0 Å². The van der Waals surface area contributed by atoms with Crippen molar-refractivity contribution in [3.05, 3.63) is 36.1 Å².